The Hall–Kier alpha value is -1.37. The van der Waals surface area contributed by atoms with Gasteiger partial charge in [-0.2, -0.15) is 5.10 Å². The van der Waals surface area contributed by atoms with Crippen LogP contribution >= 0.6 is 15.9 Å². The number of fused-ring (bicyclic) bond motifs is 1. The number of rotatable bonds is 4. The number of halogens is 1. The number of anilines is 1. The summed E-state index contributed by atoms with van der Waals surface area (Å²) in [5, 5.41) is 6.29. The predicted octanol–water partition coefficient (Wildman–Crippen LogP) is 1.03. The first-order valence-electron chi connectivity index (χ1n) is 5.36. The van der Waals surface area contributed by atoms with Crippen LogP contribution in [0.15, 0.2) is 17.2 Å². The smallest absolute Gasteiger partial charge is 0.348 e. The zero-order valence-electron chi connectivity index (χ0n) is 9.72. The summed E-state index contributed by atoms with van der Waals surface area (Å²) in [4.78, 5) is 18.0. The van der Waals surface area contributed by atoms with Crippen molar-refractivity contribution in [2.45, 2.75) is 18.2 Å². The van der Waals surface area contributed by atoms with E-state index in [1.54, 1.807) is 6.07 Å². The van der Waals surface area contributed by atoms with Gasteiger partial charge in [0.2, 0.25) is 0 Å². The summed E-state index contributed by atoms with van der Waals surface area (Å²) in [6.45, 7) is 3.00. The van der Waals surface area contributed by atoms with Crippen molar-refractivity contribution in [2.24, 2.45) is 0 Å². The van der Waals surface area contributed by atoms with Crippen LogP contribution in [0.4, 0.5) is 5.82 Å². The van der Waals surface area contributed by atoms with Crippen molar-refractivity contribution in [1.82, 2.24) is 19.6 Å². The van der Waals surface area contributed by atoms with Crippen LogP contribution in [-0.2, 0) is 0 Å². The molecule has 0 radical (unpaired) electrons. The van der Waals surface area contributed by atoms with Crippen LogP contribution in [0.1, 0.15) is 13.3 Å². The van der Waals surface area contributed by atoms with E-state index in [2.05, 4.69) is 38.0 Å². The van der Waals surface area contributed by atoms with Crippen LogP contribution in [0.25, 0.3) is 5.65 Å². The van der Waals surface area contributed by atoms with Gasteiger partial charge in [-0.1, -0.05) is 22.9 Å². The Morgan fingerprint density at radius 1 is 1.65 bits per heavy atom. The Bertz CT molecular complexity index is 561. The fourth-order valence-corrected chi connectivity index (χ4v) is 1.70. The second kappa shape index (κ2) is 4.87. The first-order chi connectivity index (χ1) is 8.08. The third-order valence-electron chi connectivity index (χ3n) is 2.55. The van der Waals surface area contributed by atoms with Gasteiger partial charge < -0.3 is 4.90 Å². The fourth-order valence-electron chi connectivity index (χ4n) is 1.49. The lowest BCUT2D eigenvalue weighted by molar-refractivity contribution is 0.776. The number of hydrogen-bond donors (Lipinski definition) is 1. The van der Waals surface area contributed by atoms with Gasteiger partial charge in [-0.25, -0.2) is 19.3 Å². The number of aromatic nitrogens is 4. The summed E-state index contributed by atoms with van der Waals surface area (Å²) in [5.41, 5.74) is 0.314. The second-order valence-corrected chi connectivity index (χ2v) is 5.56. The number of nitrogens with one attached hydrogen (secondary N) is 1. The minimum absolute atomic E-state index is 0.268. The summed E-state index contributed by atoms with van der Waals surface area (Å²) in [6.07, 6.45) is 2.52. The van der Waals surface area contributed by atoms with E-state index in [0.29, 0.717) is 10.5 Å². The quantitative estimate of drug-likeness (QED) is 0.856. The molecular weight excluding hydrogens is 286 g/mol. The SMILES string of the molecule is CC(Br)CCN(C)c1cc2n[nH]c(=O)n2cn1. The van der Waals surface area contributed by atoms with Crippen molar-refractivity contribution < 1.29 is 0 Å². The van der Waals surface area contributed by atoms with Crippen LogP contribution in [0.3, 0.4) is 0 Å². The molecule has 17 heavy (non-hydrogen) atoms. The number of H-pyrrole nitrogens is 1. The summed E-state index contributed by atoms with van der Waals surface area (Å²) < 4.78 is 1.38. The zero-order chi connectivity index (χ0) is 12.4. The number of nitrogens with zero attached hydrogens (tertiary/aromatic N) is 4. The zero-order valence-corrected chi connectivity index (χ0v) is 11.3. The summed E-state index contributed by atoms with van der Waals surface area (Å²) in [6, 6.07) is 1.79. The minimum atomic E-state index is -0.268. The van der Waals surface area contributed by atoms with Crippen molar-refractivity contribution in [2.75, 3.05) is 18.5 Å². The topological polar surface area (TPSA) is 66.3 Å². The molecule has 0 aliphatic carbocycles. The standard InChI is InChI=1S/C10H14BrN5O/c1-7(11)3-4-15(2)8-5-9-13-14-10(17)16(9)6-12-8/h5-7H,3-4H2,1-2H3,(H,14,17). The molecule has 6 nitrogen and oxygen atoms in total. The molecule has 7 heteroatoms. The molecule has 0 bridgehead atoms. The maximum atomic E-state index is 11.3. The highest BCUT2D eigenvalue weighted by Gasteiger charge is 2.07. The van der Waals surface area contributed by atoms with E-state index in [1.807, 2.05) is 11.9 Å². The molecule has 2 aromatic rings. The van der Waals surface area contributed by atoms with Crippen LogP contribution in [0.5, 0.6) is 0 Å². The van der Waals surface area contributed by atoms with Crippen LogP contribution in [0.2, 0.25) is 0 Å². The second-order valence-electron chi connectivity index (χ2n) is 4.00. The van der Waals surface area contributed by atoms with Gasteiger partial charge in [0.25, 0.3) is 0 Å². The molecule has 1 N–H and O–H groups in total. The van der Waals surface area contributed by atoms with Gasteiger partial charge in [-0.3, -0.25) is 0 Å². The van der Waals surface area contributed by atoms with Crippen molar-refractivity contribution >= 4 is 27.4 Å². The molecule has 2 aromatic heterocycles. The molecule has 0 saturated heterocycles. The van der Waals surface area contributed by atoms with Crippen molar-refractivity contribution in [3.05, 3.63) is 22.9 Å². The first kappa shape index (κ1) is 12.1. The number of aromatic amines is 1. The molecule has 92 valence electrons. The molecule has 0 saturated carbocycles. The van der Waals surface area contributed by atoms with Crippen molar-refractivity contribution in [3.63, 3.8) is 0 Å². The average molecular weight is 300 g/mol. The molecule has 0 fully saturated rings. The van der Waals surface area contributed by atoms with E-state index < -0.39 is 0 Å². The van der Waals surface area contributed by atoms with Gasteiger partial charge in [0.05, 0.1) is 0 Å². The number of hydrogen-bond acceptors (Lipinski definition) is 4. The van der Waals surface area contributed by atoms with E-state index in [4.69, 9.17) is 0 Å². The van der Waals surface area contributed by atoms with E-state index in [-0.39, 0.29) is 5.69 Å². The largest absolute Gasteiger partial charge is 0.359 e. The highest BCUT2D eigenvalue weighted by molar-refractivity contribution is 9.09. The van der Waals surface area contributed by atoms with E-state index in [9.17, 15) is 4.79 Å². The highest BCUT2D eigenvalue weighted by Crippen LogP contribution is 2.12. The van der Waals surface area contributed by atoms with Crippen molar-refractivity contribution in [1.29, 1.82) is 0 Å². The third kappa shape index (κ3) is 2.66. The molecule has 0 aliphatic heterocycles. The normalized spacial score (nSPS) is 12.9. The molecule has 0 amide bonds. The van der Waals surface area contributed by atoms with Gasteiger partial charge in [-0.15, -0.1) is 0 Å². The van der Waals surface area contributed by atoms with Crippen LogP contribution in [-0.4, -0.2) is 38.0 Å². The lowest BCUT2D eigenvalue weighted by Crippen LogP contribution is -2.22. The average Bonchev–Trinajstić information content (AvgIpc) is 2.67. The highest BCUT2D eigenvalue weighted by atomic mass is 79.9. The monoisotopic (exact) mass is 299 g/mol. The molecule has 1 unspecified atom stereocenters. The molecular formula is C10H14BrN5O. The molecule has 2 heterocycles. The number of alkyl halides is 1. The molecule has 2 rings (SSSR count). The van der Waals surface area contributed by atoms with Crippen molar-refractivity contribution in [3.8, 4) is 0 Å². The molecule has 0 aliphatic rings. The fraction of sp³-hybridized carbons (Fsp3) is 0.500. The molecule has 0 aromatic carbocycles. The van der Waals surface area contributed by atoms with Gasteiger partial charge in [0, 0.05) is 24.5 Å². The van der Waals surface area contributed by atoms with Gasteiger partial charge in [0.1, 0.15) is 12.1 Å². The van der Waals surface area contributed by atoms with Gasteiger partial charge in [0.15, 0.2) is 5.65 Å². The maximum Gasteiger partial charge on any atom is 0.348 e. The third-order valence-corrected chi connectivity index (χ3v) is 3.01. The Labute approximate surface area is 107 Å². The Balaban J connectivity index is 2.21. The lowest BCUT2D eigenvalue weighted by atomic mass is 10.3. The Morgan fingerprint density at radius 3 is 3.12 bits per heavy atom. The summed E-state index contributed by atoms with van der Waals surface area (Å²) in [7, 11) is 1.97. The van der Waals surface area contributed by atoms with Gasteiger partial charge in [-0.05, 0) is 6.42 Å². The predicted molar refractivity (Wildman–Crippen MR) is 69.9 cm³/mol. The first-order valence-corrected chi connectivity index (χ1v) is 6.27. The Morgan fingerprint density at radius 2 is 2.41 bits per heavy atom. The molecule has 0 spiro atoms. The van der Waals surface area contributed by atoms with E-state index >= 15 is 0 Å². The Kier molecular flexibility index (Phi) is 3.46. The van der Waals surface area contributed by atoms with E-state index in [1.165, 1.54) is 10.7 Å². The maximum absolute atomic E-state index is 11.3. The van der Waals surface area contributed by atoms with Crippen LogP contribution < -0.4 is 10.6 Å². The minimum Gasteiger partial charge on any atom is -0.359 e. The molecule has 1 atom stereocenters. The lowest BCUT2D eigenvalue weighted by Gasteiger charge is -2.18. The van der Waals surface area contributed by atoms with Crippen LogP contribution in [0, 0.1) is 0 Å². The summed E-state index contributed by atoms with van der Waals surface area (Å²) >= 11 is 3.51. The van der Waals surface area contributed by atoms with E-state index in [0.717, 1.165) is 18.8 Å². The summed E-state index contributed by atoms with van der Waals surface area (Å²) in [5.74, 6) is 0.810. The van der Waals surface area contributed by atoms with Gasteiger partial charge >= 0.3 is 5.69 Å².